The molecule has 2 aromatic heterocycles. The molecule has 1 fully saturated rings. The van der Waals surface area contributed by atoms with Gasteiger partial charge in [-0.25, -0.2) is 23.0 Å². The van der Waals surface area contributed by atoms with Crippen molar-refractivity contribution in [3.8, 4) is 22.9 Å². The molecule has 91 heavy (non-hydrogen) atoms. The minimum atomic E-state index is -3.69. The zero-order chi connectivity index (χ0) is 65.3. The highest BCUT2D eigenvalue weighted by Gasteiger charge is 2.49. The van der Waals surface area contributed by atoms with Crippen LogP contribution in [0.1, 0.15) is 87.6 Å². The zero-order valence-corrected chi connectivity index (χ0v) is 51.9. The van der Waals surface area contributed by atoms with Crippen LogP contribution in [0.3, 0.4) is 0 Å². The molecule has 5 aliphatic rings. The Morgan fingerprint density at radius 3 is 2.24 bits per heavy atom. The molecule has 488 valence electrons. The highest BCUT2D eigenvalue weighted by Crippen LogP contribution is 2.44. The fourth-order valence-corrected chi connectivity index (χ4v) is 11.7. The van der Waals surface area contributed by atoms with Crippen molar-refractivity contribution in [1.82, 2.24) is 45.5 Å². The summed E-state index contributed by atoms with van der Waals surface area (Å²) in [4.78, 5) is 141. The number of fused-ring (bicyclic) bond motifs is 6. The van der Waals surface area contributed by atoms with E-state index in [0.717, 1.165) is 64.4 Å². The van der Waals surface area contributed by atoms with E-state index < -0.39 is 118 Å². The van der Waals surface area contributed by atoms with Crippen LogP contribution in [0, 0.1) is 5.92 Å². The van der Waals surface area contributed by atoms with Gasteiger partial charge in [0.15, 0.2) is 17.1 Å². The Morgan fingerprint density at radius 1 is 0.846 bits per heavy atom. The van der Waals surface area contributed by atoms with Crippen LogP contribution in [0.2, 0.25) is 0 Å². The number of benzene rings is 2. The number of imide groups is 1. The van der Waals surface area contributed by atoms with Gasteiger partial charge in [0.05, 0.1) is 48.0 Å². The molecule has 30 heteroatoms. The van der Waals surface area contributed by atoms with Gasteiger partial charge in [-0.3, -0.25) is 53.1 Å². The van der Waals surface area contributed by atoms with Crippen molar-refractivity contribution in [2.75, 3.05) is 83.3 Å². The fraction of sp³-hybridized carbons (Fsp3) is 0.492. The van der Waals surface area contributed by atoms with Crippen LogP contribution in [-0.2, 0) is 99.0 Å². The van der Waals surface area contributed by atoms with Gasteiger partial charge in [0.2, 0.25) is 30.4 Å². The second-order valence-corrected chi connectivity index (χ2v) is 25.4. The van der Waals surface area contributed by atoms with Gasteiger partial charge in [0, 0.05) is 105 Å². The number of aliphatic carboxylic acids is 1. The molecule has 0 radical (unpaired) electrons. The first-order valence-corrected chi connectivity index (χ1v) is 32.0. The molecule has 0 saturated carbocycles. The van der Waals surface area contributed by atoms with E-state index in [0.29, 0.717) is 60.3 Å². The number of carboxylic acid groups (broad SMARTS) is 1. The van der Waals surface area contributed by atoms with E-state index in [9.17, 15) is 61.5 Å². The maximum Gasteiger partial charge on any atom is 0.411 e. The maximum atomic E-state index is 14.7. The molecule has 0 bridgehead atoms. The molecule has 0 aliphatic carbocycles. The Balaban J connectivity index is 0.850. The second kappa shape index (κ2) is 29.0. The van der Waals surface area contributed by atoms with Gasteiger partial charge in [-0.05, 0) is 67.5 Å². The minimum Gasteiger partial charge on any atom is -0.481 e. The van der Waals surface area contributed by atoms with Crippen LogP contribution in [0.4, 0.5) is 10.5 Å². The number of cyclic esters (lactones) is 1. The molecule has 7 heterocycles. The Hall–Kier alpha value is -8.84. The summed E-state index contributed by atoms with van der Waals surface area (Å²) in [5.41, 5.74) is 1.73. The standard InChI is InChI=1S/C61H74N10O19S/c1-6-61(43-27-47-54-41(30-71(47)58(80)42(43)32-86-59(61)81)40(29-62-16-18-68-19-22-85-23-20-68)39-26-48-49(89-34-88-48)28-45(39)66-54)90-33-69(21-24-91(5,83)84)60(82)87-31-37-7-9-38(10-8-37)64-56(78)44(11-14-53(75)76)67-55(77)36(4)63-57(79)46(25-35(2)3)65-50(72)15-17-70-51(73)12-13-52(70)74/h7-10,12-13,26-28,35-36,44,46,62H,6,11,14-25,29-34H2,1-5H3,(H,63,79)(H,64,78)(H,65,72)(H,67,77)(H,75,76)/t36-,44-,46+,61-/m0/s1. The summed E-state index contributed by atoms with van der Waals surface area (Å²) >= 11 is 0. The highest BCUT2D eigenvalue weighted by atomic mass is 32.2. The van der Waals surface area contributed by atoms with Crippen molar-refractivity contribution in [2.45, 2.75) is 110 Å². The van der Waals surface area contributed by atoms with E-state index in [1.165, 1.54) is 31.2 Å². The third-order valence-electron chi connectivity index (χ3n) is 16.2. The van der Waals surface area contributed by atoms with E-state index in [4.69, 9.17) is 33.4 Å². The molecule has 4 aromatic rings. The number of pyridine rings is 2. The van der Waals surface area contributed by atoms with Crippen LogP contribution in [0.15, 0.2) is 59.4 Å². The van der Waals surface area contributed by atoms with Crippen molar-refractivity contribution >= 4 is 79.9 Å². The van der Waals surface area contributed by atoms with Gasteiger partial charge in [0.25, 0.3) is 17.4 Å². The fourth-order valence-electron chi connectivity index (χ4n) is 11.1. The average molecular weight is 1280 g/mol. The molecule has 2 aromatic carbocycles. The highest BCUT2D eigenvalue weighted by molar-refractivity contribution is 7.90. The van der Waals surface area contributed by atoms with Crippen molar-refractivity contribution in [3.05, 3.63) is 92.8 Å². The summed E-state index contributed by atoms with van der Waals surface area (Å²) in [7, 11) is -3.69. The molecule has 5 aliphatic heterocycles. The number of hydrogen-bond acceptors (Lipinski definition) is 21. The normalized spacial score (nSPS) is 17.6. The molecule has 1 saturated heterocycles. The van der Waals surface area contributed by atoms with Gasteiger partial charge in [-0.15, -0.1) is 0 Å². The third-order valence-corrected chi connectivity index (χ3v) is 17.1. The summed E-state index contributed by atoms with van der Waals surface area (Å²) in [6.45, 7) is 9.61. The number of sulfone groups is 1. The first kappa shape index (κ1) is 66.6. The summed E-state index contributed by atoms with van der Waals surface area (Å²) in [5.74, 6) is -5.82. The predicted molar refractivity (Wildman–Crippen MR) is 323 cm³/mol. The SMILES string of the molecule is CC[C@@]1(OCN(CCS(C)(=O)=O)C(=O)OCc2ccc(NC(=O)[C@H](CCC(=O)O)NC(=O)[C@H](C)NC(=O)[C@@H](CC(C)C)NC(=O)CCN3C(=O)C=CC3=O)cc2)C(=O)OCc2c1cc1n(c2=O)Cc2c-1nc1cc3c(cc1c2CNCCN1CCOCC1)OCO3. The van der Waals surface area contributed by atoms with Crippen molar-refractivity contribution in [2.24, 2.45) is 5.92 Å². The zero-order valence-electron chi connectivity index (χ0n) is 51.1. The first-order chi connectivity index (χ1) is 43.4. The number of rotatable bonds is 29. The van der Waals surface area contributed by atoms with E-state index >= 15 is 0 Å². The van der Waals surface area contributed by atoms with Gasteiger partial charge in [-0.1, -0.05) is 32.9 Å². The molecule has 0 unspecified atom stereocenters. The van der Waals surface area contributed by atoms with Gasteiger partial charge >= 0.3 is 18.0 Å². The molecule has 29 nitrogen and oxygen atoms in total. The van der Waals surface area contributed by atoms with Gasteiger partial charge < -0.3 is 64.7 Å². The number of nitrogens with one attached hydrogen (secondary N) is 5. The molecular formula is C61H74N10O19S. The van der Waals surface area contributed by atoms with Crippen molar-refractivity contribution in [1.29, 1.82) is 0 Å². The summed E-state index contributed by atoms with van der Waals surface area (Å²) in [6, 6.07) is 7.42. The number of carboxylic acids is 1. The summed E-state index contributed by atoms with van der Waals surface area (Å²) in [6.07, 6.45) is 1.01. The predicted octanol–water partition coefficient (Wildman–Crippen LogP) is 1.53. The number of hydrogen-bond donors (Lipinski definition) is 6. The lowest BCUT2D eigenvalue weighted by Gasteiger charge is -2.37. The number of carbonyl (C=O) groups is 9. The third kappa shape index (κ3) is 16.0. The lowest BCUT2D eigenvalue weighted by molar-refractivity contribution is -0.187. The van der Waals surface area contributed by atoms with Crippen LogP contribution in [0.5, 0.6) is 11.5 Å². The van der Waals surface area contributed by atoms with Crippen molar-refractivity contribution < 1.29 is 85.1 Å². The number of morpholine rings is 1. The first-order valence-electron chi connectivity index (χ1n) is 29.9. The largest absolute Gasteiger partial charge is 0.481 e. The molecule has 4 atom stereocenters. The summed E-state index contributed by atoms with van der Waals surface area (Å²) in [5, 5.41) is 24.1. The number of aromatic nitrogens is 2. The number of carbonyl (C=O) groups excluding carboxylic acids is 8. The quantitative estimate of drug-likeness (QED) is 0.0171. The molecule has 0 spiro atoms. The molecule has 9 rings (SSSR count). The van der Waals surface area contributed by atoms with Gasteiger partial charge in [-0.2, -0.15) is 0 Å². The number of amides is 7. The Bertz CT molecular complexity index is 3700. The molecule has 6 N–H and O–H groups in total. The molecular weight excluding hydrogens is 1210 g/mol. The Labute approximate surface area is 523 Å². The topological polar surface area (TPSA) is 368 Å². The number of nitrogens with zero attached hydrogens (tertiary/aromatic N) is 5. The number of ether oxygens (including phenoxy) is 6. The minimum absolute atomic E-state index is 0.0481. The van der Waals surface area contributed by atoms with Crippen LogP contribution in [0.25, 0.3) is 22.3 Å². The summed E-state index contributed by atoms with van der Waals surface area (Å²) < 4.78 is 61.4. The lowest BCUT2D eigenvalue weighted by atomic mass is 9.85. The lowest BCUT2D eigenvalue weighted by Crippen LogP contribution is -2.55. The second-order valence-electron chi connectivity index (χ2n) is 23.1. The van der Waals surface area contributed by atoms with Crippen LogP contribution < -0.4 is 41.6 Å². The Kier molecular flexibility index (Phi) is 21.2. The Morgan fingerprint density at radius 2 is 1.56 bits per heavy atom. The average Bonchev–Trinajstić information content (AvgIpc) is 1.64. The van der Waals surface area contributed by atoms with E-state index in [2.05, 4.69) is 31.5 Å². The molecule has 7 amide bonds. The number of anilines is 1. The maximum absolute atomic E-state index is 14.7. The van der Waals surface area contributed by atoms with E-state index in [-0.39, 0.29) is 81.5 Å². The van der Waals surface area contributed by atoms with E-state index in [1.54, 1.807) is 37.5 Å². The van der Waals surface area contributed by atoms with Crippen LogP contribution >= 0.6 is 0 Å². The van der Waals surface area contributed by atoms with Gasteiger partial charge in [0.1, 0.15) is 47.9 Å². The smallest absolute Gasteiger partial charge is 0.411 e. The number of esters is 1. The van der Waals surface area contributed by atoms with Crippen molar-refractivity contribution in [3.63, 3.8) is 0 Å². The van der Waals surface area contributed by atoms with E-state index in [1.807, 2.05) is 6.07 Å². The van der Waals surface area contributed by atoms with Crippen LogP contribution in [-0.4, -0.2) is 187 Å². The monoisotopic (exact) mass is 1280 g/mol.